The maximum absolute atomic E-state index is 3.90. The van der Waals surface area contributed by atoms with E-state index in [0.717, 1.165) is 17.9 Å². The van der Waals surface area contributed by atoms with E-state index >= 15 is 0 Å². The summed E-state index contributed by atoms with van der Waals surface area (Å²) in [6, 6.07) is 0.878. The van der Waals surface area contributed by atoms with Crippen LogP contribution in [0.25, 0.3) is 0 Å². The van der Waals surface area contributed by atoms with Crippen LogP contribution in [0.1, 0.15) is 65.2 Å². The molecule has 1 saturated heterocycles. The van der Waals surface area contributed by atoms with Gasteiger partial charge in [0.15, 0.2) is 0 Å². The van der Waals surface area contributed by atoms with Gasteiger partial charge in [-0.15, -0.1) is 0 Å². The fourth-order valence-corrected chi connectivity index (χ4v) is 4.71. The minimum Gasteiger partial charge on any atom is -0.310 e. The van der Waals surface area contributed by atoms with Gasteiger partial charge in [-0.05, 0) is 63.5 Å². The van der Waals surface area contributed by atoms with Crippen LogP contribution in [0, 0.1) is 11.8 Å². The summed E-state index contributed by atoms with van der Waals surface area (Å²) in [4.78, 5) is 2.87. The zero-order valence-corrected chi connectivity index (χ0v) is 13.0. The van der Waals surface area contributed by atoms with Crippen molar-refractivity contribution in [1.29, 1.82) is 0 Å². The smallest absolute Gasteiger partial charge is 0.0308 e. The van der Waals surface area contributed by atoms with Gasteiger partial charge in [0.25, 0.3) is 0 Å². The average Bonchev–Trinajstić information content (AvgIpc) is 2.74. The third-order valence-corrected chi connectivity index (χ3v) is 6.28. The molecule has 2 saturated carbocycles. The summed E-state index contributed by atoms with van der Waals surface area (Å²) in [7, 11) is 0. The predicted octanol–water partition coefficient (Wildman–Crippen LogP) is 3.42. The molecule has 2 aliphatic carbocycles. The van der Waals surface area contributed by atoms with Gasteiger partial charge in [0.2, 0.25) is 0 Å². The molecule has 0 aromatic heterocycles. The Kier molecular flexibility index (Phi) is 4.19. The minimum atomic E-state index is 0.489. The highest BCUT2D eigenvalue weighted by molar-refractivity contribution is 4.98. The van der Waals surface area contributed by atoms with Gasteiger partial charge in [0.05, 0.1) is 0 Å². The number of nitrogens with zero attached hydrogens (tertiary/aromatic N) is 1. The molecular formula is C17H32N2. The van der Waals surface area contributed by atoms with Crippen LogP contribution in [0.5, 0.6) is 0 Å². The molecule has 3 unspecified atom stereocenters. The first-order chi connectivity index (χ1) is 9.19. The Balaban J connectivity index is 1.66. The van der Waals surface area contributed by atoms with Crippen LogP contribution in [0.3, 0.4) is 0 Å². The second kappa shape index (κ2) is 5.73. The Morgan fingerprint density at radius 1 is 1.00 bits per heavy atom. The summed E-state index contributed by atoms with van der Waals surface area (Å²) >= 11 is 0. The van der Waals surface area contributed by atoms with Crippen LogP contribution < -0.4 is 5.32 Å². The summed E-state index contributed by atoms with van der Waals surface area (Å²) in [6.45, 7) is 8.83. The second-order valence-corrected chi connectivity index (χ2v) is 7.66. The molecule has 2 heteroatoms. The molecule has 19 heavy (non-hydrogen) atoms. The molecule has 0 bridgehead atoms. The molecule has 1 aliphatic heterocycles. The Bertz CT molecular complexity index is 296. The van der Waals surface area contributed by atoms with Crippen molar-refractivity contribution >= 4 is 0 Å². The van der Waals surface area contributed by atoms with E-state index in [-0.39, 0.29) is 0 Å². The molecule has 0 aromatic carbocycles. The molecule has 3 fully saturated rings. The van der Waals surface area contributed by atoms with Crippen molar-refractivity contribution in [3.05, 3.63) is 0 Å². The van der Waals surface area contributed by atoms with E-state index in [1.165, 1.54) is 71.0 Å². The SMILES string of the molecule is CC1CCC(N2CCCNC3(CCCC3)C2)CC1C. The zero-order chi connectivity index (χ0) is 13.3. The highest BCUT2D eigenvalue weighted by Crippen LogP contribution is 2.36. The van der Waals surface area contributed by atoms with Gasteiger partial charge in [0.1, 0.15) is 0 Å². The van der Waals surface area contributed by atoms with Crippen LogP contribution >= 0.6 is 0 Å². The van der Waals surface area contributed by atoms with E-state index in [2.05, 4.69) is 24.1 Å². The lowest BCUT2D eigenvalue weighted by Crippen LogP contribution is -2.52. The quantitative estimate of drug-likeness (QED) is 0.780. The van der Waals surface area contributed by atoms with Gasteiger partial charge in [-0.25, -0.2) is 0 Å². The summed E-state index contributed by atoms with van der Waals surface area (Å²) in [5.74, 6) is 1.87. The van der Waals surface area contributed by atoms with Crippen LogP contribution in [-0.4, -0.2) is 36.1 Å². The lowest BCUT2D eigenvalue weighted by atomic mass is 9.78. The van der Waals surface area contributed by atoms with Crippen molar-refractivity contribution in [2.45, 2.75) is 76.8 Å². The molecule has 1 heterocycles. The summed E-state index contributed by atoms with van der Waals surface area (Å²) in [6.07, 6.45) is 11.4. The maximum atomic E-state index is 3.90. The Hall–Kier alpha value is -0.0800. The molecule has 1 N–H and O–H groups in total. The van der Waals surface area contributed by atoms with Crippen LogP contribution in [0.15, 0.2) is 0 Å². The number of nitrogens with one attached hydrogen (secondary N) is 1. The van der Waals surface area contributed by atoms with E-state index < -0.39 is 0 Å². The van der Waals surface area contributed by atoms with Crippen LogP contribution in [0.4, 0.5) is 0 Å². The van der Waals surface area contributed by atoms with Crippen molar-refractivity contribution in [3.8, 4) is 0 Å². The van der Waals surface area contributed by atoms with Crippen LogP contribution in [-0.2, 0) is 0 Å². The Morgan fingerprint density at radius 3 is 2.53 bits per heavy atom. The van der Waals surface area contributed by atoms with Crippen molar-refractivity contribution in [3.63, 3.8) is 0 Å². The molecule has 3 atom stereocenters. The highest BCUT2D eigenvalue weighted by Gasteiger charge is 2.39. The van der Waals surface area contributed by atoms with E-state index in [4.69, 9.17) is 0 Å². The van der Waals surface area contributed by atoms with Gasteiger partial charge >= 0.3 is 0 Å². The third-order valence-electron chi connectivity index (χ3n) is 6.28. The van der Waals surface area contributed by atoms with E-state index in [0.29, 0.717) is 5.54 Å². The zero-order valence-electron chi connectivity index (χ0n) is 13.0. The molecule has 0 aromatic rings. The van der Waals surface area contributed by atoms with Crippen molar-refractivity contribution < 1.29 is 0 Å². The topological polar surface area (TPSA) is 15.3 Å². The molecular weight excluding hydrogens is 232 g/mol. The minimum absolute atomic E-state index is 0.489. The van der Waals surface area contributed by atoms with Gasteiger partial charge in [-0.1, -0.05) is 26.7 Å². The fourth-order valence-electron chi connectivity index (χ4n) is 4.71. The van der Waals surface area contributed by atoms with Crippen molar-refractivity contribution in [2.75, 3.05) is 19.6 Å². The normalized spacial score (nSPS) is 40.4. The molecule has 1 spiro atoms. The molecule has 2 nitrogen and oxygen atoms in total. The summed E-state index contributed by atoms with van der Waals surface area (Å²) in [5.41, 5.74) is 0.489. The van der Waals surface area contributed by atoms with Gasteiger partial charge in [0, 0.05) is 18.1 Å². The highest BCUT2D eigenvalue weighted by atomic mass is 15.2. The fraction of sp³-hybridized carbons (Fsp3) is 1.00. The van der Waals surface area contributed by atoms with Gasteiger partial charge in [-0.2, -0.15) is 0 Å². The first-order valence-corrected chi connectivity index (χ1v) is 8.68. The standard InChI is InChI=1S/C17H32N2/c1-14-6-7-16(12-15(14)2)19-11-5-10-18-17(13-19)8-3-4-9-17/h14-16,18H,3-13H2,1-2H3. The molecule has 3 aliphatic rings. The van der Waals surface area contributed by atoms with Crippen LogP contribution in [0.2, 0.25) is 0 Å². The van der Waals surface area contributed by atoms with Crippen molar-refractivity contribution in [1.82, 2.24) is 10.2 Å². The largest absolute Gasteiger partial charge is 0.310 e. The Labute approximate surface area is 119 Å². The van der Waals surface area contributed by atoms with E-state index in [1.54, 1.807) is 0 Å². The first kappa shape index (κ1) is 13.9. The van der Waals surface area contributed by atoms with E-state index in [9.17, 15) is 0 Å². The molecule has 3 rings (SSSR count). The van der Waals surface area contributed by atoms with E-state index in [1.807, 2.05) is 0 Å². The summed E-state index contributed by atoms with van der Waals surface area (Å²) < 4.78 is 0. The maximum Gasteiger partial charge on any atom is 0.0308 e. The predicted molar refractivity (Wildman–Crippen MR) is 81.4 cm³/mol. The summed E-state index contributed by atoms with van der Waals surface area (Å²) in [5, 5.41) is 3.90. The number of hydrogen-bond donors (Lipinski definition) is 1. The Morgan fingerprint density at radius 2 is 1.79 bits per heavy atom. The van der Waals surface area contributed by atoms with Gasteiger partial charge in [-0.3, -0.25) is 4.90 Å². The third kappa shape index (κ3) is 3.00. The second-order valence-electron chi connectivity index (χ2n) is 7.66. The number of rotatable bonds is 1. The molecule has 0 radical (unpaired) electrons. The molecule has 0 amide bonds. The van der Waals surface area contributed by atoms with Crippen molar-refractivity contribution in [2.24, 2.45) is 11.8 Å². The van der Waals surface area contributed by atoms with Gasteiger partial charge < -0.3 is 5.32 Å². The monoisotopic (exact) mass is 264 g/mol. The average molecular weight is 264 g/mol. The molecule has 110 valence electrons. The lowest BCUT2D eigenvalue weighted by Gasteiger charge is -2.42. The number of hydrogen-bond acceptors (Lipinski definition) is 2. The first-order valence-electron chi connectivity index (χ1n) is 8.68. The lowest BCUT2D eigenvalue weighted by molar-refractivity contribution is 0.0908.